The molecule has 218 valence electrons. The van der Waals surface area contributed by atoms with Crippen LogP contribution in [0.1, 0.15) is 93.6 Å². The summed E-state index contributed by atoms with van der Waals surface area (Å²) in [4.78, 5) is 26.4. The molecule has 6 nitrogen and oxygen atoms in total. The van der Waals surface area contributed by atoms with E-state index in [2.05, 4.69) is 19.1 Å². The van der Waals surface area contributed by atoms with E-state index in [9.17, 15) is 9.59 Å². The molecule has 0 spiro atoms. The lowest BCUT2D eigenvalue weighted by Crippen LogP contribution is -2.35. The Morgan fingerprint density at radius 2 is 1.07 bits per heavy atom. The molecule has 2 atom stereocenters. The SMILES string of the molecule is CCCC(Oc1c2ccccc2c(OC(CCC)C(=O)OC(C)(C)C)c2cc(CC)ccc12)C(=O)OC(C)(C)C. The van der Waals surface area contributed by atoms with Crippen molar-refractivity contribution in [2.75, 3.05) is 0 Å². The summed E-state index contributed by atoms with van der Waals surface area (Å²) < 4.78 is 24.6. The molecule has 6 heteroatoms. The number of carbonyl (C=O) groups is 2. The summed E-state index contributed by atoms with van der Waals surface area (Å²) in [5.74, 6) is 0.451. The van der Waals surface area contributed by atoms with E-state index in [0.29, 0.717) is 24.3 Å². The highest BCUT2D eigenvalue weighted by Gasteiger charge is 2.30. The van der Waals surface area contributed by atoms with Gasteiger partial charge in [-0.3, -0.25) is 0 Å². The highest BCUT2D eigenvalue weighted by Crippen LogP contribution is 2.44. The van der Waals surface area contributed by atoms with Gasteiger partial charge in [-0.25, -0.2) is 9.59 Å². The van der Waals surface area contributed by atoms with E-state index in [0.717, 1.165) is 46.4 Å². The van der Waals surface area contributed by atoms with Gasteiger partial charge in [0.1, 0.15) is 22.7 Å². The largest absolute Gasteiger partial charge is 0.477 e. The number of benzene rings is 3. The minimum Gasteiger partial charge on any atom is -0.477 e. The van der Waals surface area contributed by atoms with Crippen molar-refractivity contribution in [2.24, 2.45) is 0 Å². The van der Waals surface area contributed by atoms with Gasteiger partial charge in [-0.05, 0) is 72.4 Å². The number of carbonyl (C=O) groups excluding carboxylic acids is 2. The molecule has 0 saturated carbocycles. The van der Waals surface area contributed by atoms with Crippen LogP contribution >= 0.6 is 0 Å². The monoisotopic (exact) mass is 550 g/mol. The number of fused-ring (bicyclic) bond motifs is 2. The van der Waals surface area contributed by atoms with Crippen molar-refractivity contribution in [1.29, 1.82) is 0 Å². The summed E-state index contributed by atoms with van der Waals surface area (Å²) in [6.07, 6.45) is 1.87. The molecule has 0 aliphatic rings. The second-order valence-corrected chi connectivity index (χ2v) is 12.3. The Morgan fingerprint density at radius 1 is 0.650 bits per heavy atom. The van der Waals surface area contributed by atoms with Crippen molar-refractivity contribution in [2.45, 2.75) is 118 Å². The third-order valence-corrected chi connectivity index (χ3v) is 6.36. The van der Waals surface area contributed by atoms with E-state index in [1.807, 2.05) is 85.7 Å². The standard InChI is InChI=1S/C34H46O6/c1-10-15-27(31(35)39-33(4,5)6)37-29-23-17-13-14-18-24(23)30(26-21-22(12-3)19-20-25(26)29)38-28(16-11-2)32(36)40-34(7,8)9/h13-14,17-21,27-28H,10-12,15-16H2,1-9H3. The van der Waals surface area contributed by atoms with Crippen LogP contribution in [0, 0.1) is 0 Å². The summed E-state index contributed by atoms with van der Waals surface area (Å²) in [5.41, 5.74) is -0.125. The molecule has 3 rings (SSSR count). The number of ether oxygens (including phenoxy) is 4. The third kappa shape index (κ3) is 7.89. The second-order valence-electron chi connectivity index (χ2n) is 12.3. The zero-order chi connectivity index (χ0) is 29.7. The molecule has 2 unspecified atom stereocenters. The van der Waals surface area contributed by atoms with Gasteiger partial charge in [0.25, 0.3) is 0 Å². The van der Waals surface area contributed by atoms with Crippen molar-refractivity contribution in [1.82, 2.24) is 0 Å². The van der Waals surface area contributed by atoms with Crippen molar-refractivity contribution in [3.8, 4) is 11.5 Å². The van der Waals surface area contributed by atoms with Crippen LogP contribution in [0.25, 0.3) is 21.5 Å². The lowest BCUT2D eigenvalue weighted by atomic mass is 9.97. The van der Waals surface area contributed by atoms with Crippen LogP contribution in [0.3, 0.4) is 0 Å². The molecule has 3 aromatic rings. The molecule has 0 N–H and O–H groups in total. The fourth-order valence-electron chi connectivity index (χ4n) is 4.61. The highest BCUT2D eigenvalue weighted by molar-refractivity contribution is 6.11. The number of hydrogen-bond donors (Lipinski definition) is 0. The van der Waals surface area contributed by atoms with Gasteiger partial charge in [0, 0.05) is 21.5 Å². The first-order valence-electron chi connectivity index (χ1n) is 14.5. The van der Waals surface area contributed by atoms with E-state index >= 15 is 0 Å². The lowest BCUT2D eigenvalue weighted by Gasteiger charge is -2.27. The fourth-order valence-corrected chi connectivity index (χ4v) is 4.61. The number of hydrogen-bond acceptors (Lipinski definition) is 6. The smallest absolute Gasteiger partial charge is 0.347 e. The minimum atomic E-state index is -0.762. The Labute approximate surface area is 239 Å². The molecule has 0 fully saturated rings. The first-order chi connectivity index (χ1) is 18.8. The lowest BCUT2D eigenvalue weighted by molar-refractivity contribution is -0.164. The summed E-state index contributed by atoms with van der Waals surface area (Å²) in [6, 6.07) is 14.0. The third-order valence-electron chi connectivity index (χ3n) is 6.36. The number of aryl methyl sites for hydroxylation is 1. The number of esters is 2. The van der Waals surface area contributed by atoms with E-state index in [4.69, 9.17) is 18.9 Å². The molecule has 0 radical (unpaired) electrons. The van der Waals surface area contributed by atoms with Crippen LogP contribution in [0.4, 0.5) is 0 Å². The summed E-state index contributed by atoms with van der Waals surface area (Å²) in [6.45, 7) is 17.3. The zero-order valence-corrected chi connectivity index (χ0v) is 25.7. The maximum Gasteiger partial charge on any atom is 0.347 e. The Kier molecular flexibility index (Phi) is 10.1. The quantitative estimate of drug-likeness (QED) is 0.177. The normalized spacial score (nSPS) is 13.6. The molecule has 0 aromatic heterocycles. The summed E-state index contributed by atoms with van der Waals surface area (Å²) in [7, 11) is 0. The van der Waals surface area contributed by atoms with Crippen LogP contribution in [0.5, 0.6) is 11.5 Å². The summed E-state index contributed by atoms with van der Waals surface area (Å²) in [5, 5.41) is 3.26. The predicted molar refractivity (Wildman–Crippen MR) is 161 cm³/mol. The fraction of sp³-hybridized carbons (Fsp3) is 0.529. The Bertz CT molecular complexity index is 1330. The number of rotatable bonds is 11. The average molecular weight is 551 g/mol. The first kappa shape index (κ1) is 31.3. The average Bonchev–Trinajstić information content (AvgIpc) is 2.86. The van der Waals surface area contributed by atoms with Gasteiger partial charge in [0.2, 0.25) is 0 Å². The van der Waals surface area contributed by atoms with Gasteiger partial charge < -0.3 is 18.9 Å². The van der Waals surface area contributed by atoms with Gasteiger partial charge in [-0.15, -0.1) is 0 Å². The Hall–Kier alpha value is -3.28. The molecule has 0 saturated heterocycles. The first-order valence-corrected chi connectivity index (χ1v) is 14.5. The maximum absolute atomic E-state index is 13.2. The van der Waals surface area contributed by atoms with Crippen LogP contribution < -0.4 is 9.47 Å². The molecule has 40 heavy (non-hydrogen) atoms. The predicted octanol–water partition coefficient (Wildman–Crippen LogP) is 8.33. The van der Waals surface area contributed by atoms with Crippen LogP contribution in [0.2, 0.25) is 0 Å². The molecule has 0 aliphatic carbocycles. The van der Waals surface area contributed by atoms with Crippen molar-refractivity contribution < 1.29 is 28.5 Å². The van der Waals surface area contributed by atoms with E-state index in [1.165, 1.54) is 0 Å². The molecular formula is C34H46O6. The topological polar surface area (TPSA) is 71.1 Å². The van der Waals surface area contributed by atoms with Crippen molar-refractivity contribution >= 4 is 33.5 Å². The summed E-state index contributed by atoms with van der Waals surface area (Å²) >= 11 is 0. The molecule has 0 heterocycles. The van der Waals surface area contributed by atoms with Crippen LogP contribution in [0.15, 0.2) is 42.5 Å². The molecular weight excluding hydrogens is 504 g/mol. The molecule has 3 aromatic carbocycles. The van der Waals surface area contributed by atoms with Gasteiger partial charge in [0.15, 0.2) is 12.2 Å². The molecule has 0 bridgehead atoms. The second kappa shape index (κ2) is 12.9. The van der Waals surface area contributed by atoms with Crippen molar-refractivity contribution in [3.63, 3.8) is 0 Å². The van der Waals surface area contributed by atoms with E-state index in [-0.39, 0.29) is 11.9 Å². The maximum atomic E-state index is 13.2. The minimum absolute atomic E-state index is 0.383. The Morgan fingerprint density at radius 3 is 1.48 bits per heavy atom. The molecule has 0 aliphatic heterocycles. The van der Waals surface area contributed by atoms with Gasteiger partial charge in [-0.1, -0.05) is 70.0 Å². The van der Waals surface area contributed by atoms with Gasteiger partial charge in [-0.2, -0.15) is 0 Å². The highest BCUT2D eigenvalue weighted by atomic mass is 16.6. The molecule has 0 amide bonds. The van der Waals surface area contributed by atoms with E-state index < -0.39 is 23.4 Å². The van der Waals surface area contributed by atoms with Gasteiger partial charge >= 0.3 is 11.9 Å². The van der Waals surface area contributed by atoms with Crippen LogP contribution in [-0.2, 0) is 25.5 Å². The van der Waals surface area contributed by atoms with Crippen LogP contribution in [-0.4, -0.2) is 35.3 Å². The van der Waals surface area contributed by atoms with E-state index in [1.54, 1.807) is 0 Å². The Balaban J connectivity index is 2.23. The van der Waals surface area contributed by atoms with Crippen molar-refractivity contribution in [3.05, 3.63) is 48.0 Å². The van der Waals surface area contributed by atoms with Gasteiger partial charge in [0.05, 0.1) is 0 Å². The zero-order valence-electron chi connectivity index (χ0n) is 25.7.